The Labute approximate surface area is 101 Å². The van der Waals surface area contributed by atoms with E-state index in [1.54, 1.807) is 13.0 Å². The lowest BCUT2D eigenvalue weighted by atomic mass is 9.79. The van der Waals surface area contributed by atoms with Crippen LogP contribution in [0.25, 0.3) is 0 Å². The standard InChI is InChI=1S/C11H11BrO4/c1-5-3-6-7(4-16-5)9(13)11(2,15)10(14)8(6)12/h3-4,9,13,15H,1-2H3. The molecule has 2 atom stereocenters. The number of carbonyl (C=O) groups is 1. The topological polar surface area (TPSA) is 66.8 Å². The predicted molar refractivity (Wildman–Crippen MR) is 60.5 cm³/mol. The number of rotatable bonds is 0. The Morgan fingerprint density at radius 1 is 1.56 bits per heavy atom. The number of halogens is 1. The Balaban J connectivity index is 2.63. The van der Waals surface area contributed by atoms with Crippen molar-refractivity contribution in [2.75, 3.05) is 0 Å². The normalized spacial score (nSPS) is 34.1. The van der Waals surface area contributed by atoms with E-state index >= 15 is 0 Å². The van der Waals surface area contributed by atoms with Gasteiger partial charge in [-0.3, -0.25) is 4.79 Å². The number of Topliss-reactive ketones (excluding diaryl/α,β-unsaturated/α-hetero) is 1. The first-order valence-corrected chi connectivity index (χ1v) is 5.55. The zero-order chi connectivity index (χ0) is 12.1. The molecule has 5 heteroatoms. The molecule has 4 nitrogen and oxygen atoms in total. The van der Waals surface area contributed by atoms with Gasteiger partial charge in [-0.05, 0) is 35.9 Å². The lowest BCUT2D eigenvalue weighted by Crippen LogP contribution is -2.51. The van der Waals surface area contributed by atoms with Crippen molar-refractivity contribution >= 4 is 21.7 Å². The van der Waals surface area contributed by atoms with Crippen molar-refractivity contribution < 1.29 is 19.7 Å². The molecule has 2 aliphatic rings. The molecular weight excluding hydrogens is 276 g/mol. The van der Waals surface area contributed by atoms with Gasteiger partial charge in [-0.25, -0.2) is 0 Å². The second-order valence-electron chi connectivity index (χ2n) is 4.05. The summed E-state index contributed by atoms with van der Waals surface area (Å²) >= 11 is 3.14. The van der Waals surface area contributed by atoms with E-state index in [1.165, 1.54) is 13.2 Å². The number of aliphatic hydroxyl groups excluding tert-OH is 1. The minimum Gasteiger partial charge on any atom is -0.469 e. The monoisotopic (exact) mass is 286 g/mol. The molecular formula is C11H11BrO4. The molecule has 2 rings (SSSR count). The van der Waals surface area contributed by atoms with Crippen LogP contribution < -0.4 is 0 Å². The number of allylic oxidation sites excluding steroid dienone is 2. The van der Waals surface area contributed by atoms with Gasteiger partial charge >= 0.3 is 0 Å². The third-order valence-electron chi connectivity index (χ3n) is 2.75. The van der Waals surface area contributed by atoms with Gasteiger partial charge in [0, 0.05) is 11.1 Å². The Hall–Kier alpha value is -0.910. The average molecular weight is 287 g/mol. The maximum atomic E-state index is 11.8. The van der Waals surface area contributed by atoms with Crippen LogP contribution in [0.3, 0.4) is 0 Å². The molecule has 0 aromatic rings. The van der Waals surface area contributed by atoms with Crippen LogP contribution >= 0.6 is 15.9 Å². The fourth-order valence-corrected chi connectivity index (χ4v) is 2.46. The molecule has 0 spiro atoms. The minimum atomic E-state index is -1.82. The van der Waals surface area contributed by atoms with Crippen LogP contribution in [-0.4, -0.2) is 27.7 Å². The fourth-order valence-electron chi connectivity index (χ4n) is 1.71. The number of ether oxygens (including phenoxy) is 1. The molecule has 0 radical (unpaired) electrons. The second kappa shape index (κ2) is 3.55. The van der Waals surface area contributed by atoms with E-state index < -0.39 is 17.5 Å². The van der Waals surface area contributed by atoms with Gasteiger partial charge in [0.05, 0.1) is 10.7 Å². The summed E-state index contributed by atoms with van der Waals surface area (Å²) in [5.41, 5.74) is -0.855. The first kappa shape index (κ1) is 11.6. The summed E-state index contributed by atoms with van der Waals surface area (Å²) in [7, 11) is 0. The highest BCUT2D eigenvalue weighted by molar-refractivity contribution is 9.12. The molecule has 0 aromatic heterocycles. The molecule has 1 heterocycles. The highest BCUT2D eigenvalue weighted by Gasteiger charge is 2.47. The van der Waals surface area contributed by atoms with Gasteiger partial charge in [0.25, 0.3) is 0 Å². The summed E-state index contributed by atoms with van der Waals surface area (Å²) in [5.74, 6) is 0.0929. The zero-order valence-electron chi connectivity index (χ0n) is 8.82. The van der Waals surface area contributed by atoms with Crippen molar-refractivity contribution in [2.24, 2.45) is 0 Å². The maximum absolute atomic E-state index is 11.8. The largest absolute Gasteiger partial charge is 0.469 e. The number of hydrogen-bond acceptors (Lipinski definition) is 4. The summed E-state index contributed by atoms with van der Waals surface area (Å²) < 4.78 is 5.42. The van der Waals surface area contributed by atoms with E-state index in [9.17, 15) is 15.0 Å². The van der Waals surface area contributed by atoms with Crippen LogP contribution in [0.15, 0.2) is 33.7 Å². The summed E-state index contributed by atoms with van der Waals surface area (Å²) in [5, 5.41) is 19.8. The van der Waals surface area contributed by atoms with E-state index in [-0.39, 0.29) is 4.48 Å². The summed E-state index contributed by atoms with van der Waals surface area (Å²) in [4.78, 5) is 11.8. The molecule has 0 saturated heterocycles. The Bertz CT molecular complexity index is 457. The first-order valence-electron chi connectivity index (χ1n) is 4.76. The van der Waals surface area contributed by atoms with Crippen LogP contribution in [0.2, 0.25) is 0 Å². The van der Waals surface area contributed by atoms with Gasteiger partial charge in [0.2, 0.25) is 5.78 Å². The number of aliphatic hydroxyl groups is 2. The molecule has 0 bridgehead atoms. The van der Waals surface area contributed by atoms with E-state index in [0.717, 1.165) is 0 Å². The van der Waals surface area contributed by atoms with Crippen molar-refractivity contribution in [1.29, 1.82) is 0 Å². The highest BCUT2D eigenvalue weighted by Crippen LogP contribution is 2.39. The summed E-state index contributed by atoms with van der Waals surface area (Å²) in [6.45, 7) is 3.02. The first-order chi connectivity index (χ1) is 7.35. The number of carbonyl (C=O) groups excluding carboxylic acids is 1. The molecule has 0 aromatic carbocycles. The van der Waals surface area contributed by atoms with Crippen LogP contribution in [0, 0.1) is 0 Å². The molecule has 16 heavy (non-hydrogen) atoms. The van der Waals surface area contributed by atoms with Gasteiger partial charge in [0.15, 0.2) is 5.60 Å². The van der Waals surface area contributed by atoms with Crippen LogP contribution in [0.1, 0.15) is 13.8 Å². The second-order valence-corrected chi connectivity index (χ2v) is 4.85. The summed E-state index contributed by atoms with van der Waals surface area (Å²) in [6.07, 6.45) is 1.73. The molecule has 0 amide bonds. The average Bonchev–Trinajstić information content (AvgIpc) is 2.24. The zero-order valence-corrected chi connectivity index (χ0v) is 10.4. The van der Waals surface area contributed by atoms with Gasteiger partial charge in [-0.1, -0.05) is 0 Å². The van der Waals surface area contributed by atoms with Crippen LogP contribution in [0.4, 0.5) is 0 Å². The van der Waals surface area contributed by atoms with E-state index in [0.29, 0.717) is 16.9 Å². The van der Waals surface area contributed by atoms with Crippen molar-refractivity contribution in [3.8, 4) is 0 Å². The van der Waals surface area contributed by atoms with E-state index in [1.807, 2.05) is 0 Å². The molecule has 1 aliphatic carbocycles. The van der Waals surface area contributed by atoms with Gasteiger partial charge in [-0.15, -0.1) is 0 Å². The Morgan fingerprint density at radius 2 is 2.19 bits per heavy atom. The molecule has 1 aliphatic heterocycles. The molecule has 0 saturated carbocycles. The maximum Gasteiger partial charge on any atom is 0.204 e. The van der Waals surface area contributed by atoms with Crippen LogP contribution in [0.5, 0.6) is 0 Å². The van der Waals surface area contributed by atoms with Crippen molar-refractivity contribution in [3.63, 3.8) is 0 Å². The van der Waals surface area contributed by atoms with Gasteiger partial charge in [-0.2, -0.15) is 0 Å². The van der Waals surface area contributed by atoms with Crippen molar-refractivity contribution in [1.82, 2.24) is 0 Å². The lowest BCUT2D eigenvalue weighted by Gasteiger charge is -2.35. The smallest absolute Gasteiger partial charge is 0.204 e. The number of fused-ring (bicyclic) bond motifs is 1. The molecule has 2 unspecified atom stereocenters. The van der Waals surface area contributed by atoms with E-state index in [2.05, 4.69) is 15.9 Å². The highest BCUT2D eigenvalue weighted by atomic mass is 79.9. The third kappa shape index (κ3) is 1.47. The quantitative estimate of drug-likeness (QED) is 0.701. The molecule has 86 valence electrons. The van der Waals surface area contributed by atoms with Crippen LogP contribution in [-0.2, 0) is 9.53 Å². The third-order valence-corrected chi connectivity index (χ3v) is 3.54. The predicted octanol–water partition coefficient (Wildman–Crippen LogP) is 1.15. The molecule has 0 fully saturated rings. The Morgan fingerprint density at radius 3 is 2.81 bits per heavy atom. The summed E-state index contributed by atoms with van der Waals surface area (Å²) in [6, 6.07) is 0. The lowest BCUT2D eigenvalue weighted by molar-refractivity contribution is -0.140. The number of hydrogen-bond donors (Lipinski definition) is 2. The van der Waals surface area contributed by atoms with Gasteiger partial charge in [0.1, 0.15) is 11.9 Å². The minimum absolute atomic E-state index is 0.261. The SMILES string of the molecule is CC1=CC2=C(Br)C(=O)C(C)(O)C(O)C2=CO1. The van der Waals surface area contributed by atoms with Crippen molar-refractivity contribution in [3.05, 3.63) is 33.7 Å². The van der Waals surface area contributed by atoms with E-state index in [4.69, 9.17) is 4.74 Å². The number of ketones is 1. The fraction of sp³-hybridized carbons (Fsp3) is 0.364. The molecule has 2 N–H and O–H groups in total. The van der Waals surface area contributed by atoms with Gasteiger partial charge < -0.3 is 14.9 Å². The van der Waals surface area contributed by atoms with Crippen molar-refractivity contribution in [2.45, 2.75) is 25.6 Å². The Kier molecular flexibility index (Phi) is 2.57.